The van der Waals surface area contributed by atoms with Gasteiger partial charge in [-0.1, -0.05) is 30.7 Å². The Morgan fingerprint density at radius 1 is 1.14 bits per heavy atom. The fourth-order valence-corrected chi connectivity index (χ4v) is 5.38. The molecule has 2 heteroatoms. The van der Waals surface area contributed by atoms with Crippen LogP contribution in [0, 0.1) is 17.8 Å². The molecule has 4 rings (SSSR count). The molecule has 2 nitrogen and oxygen atoms in total. The molecular weight excluding hydrogens is 256 g/mol. The average molecular weight is 284 g/mol. The van der Waals surface area contributed by atoms with Crippen LogP contribution in [0.1, 0.15) is 49.3 Å². The van der Waals surface area contributed by atoms with Gasteiger partial charge in [-0.15, -0.1) is 0 Å². The van der Waals surface area contributed by atoms with Crippen molar-refractivity contribution >= 4 is 0 Å². The van der Waals surface area contributed by atoms with E-state index in [1.165, 1.54) is 56.2 Å². The Bertz CT molecular complexity index is 512. The number of rotatable bonds is 3. The van der Waals surface area contributed by atoms with Gasteiger partial charge in [-0.25, -0.2) is 0 Å². The molecule has 2 bridgehead atoms. The van der Waals surface area contributed by atoms with Crippen LogP contribution in [0.4, 0.5) is 0 Å². The first kappa shape index (κ1) is 13.8. The number of hydrogen-bond donors (Lipinski definition) is 1. The normalized spacial score (nSPS) is 38.0. The van der Waals surface area contributed by atoms with Crippen LogP contribution in [0.25, 0.3) is 0 Å². The van der Waals surface area contributed by atoms with Crippen molar-refractivity contribution in [2.45, 2.75) is 50.6 Å². The van der Waals surface area contributed by atoms with Gasteiger partial charge >= 0.3 is 0 Å². The summed E-state index contributed by atoms with van der Waals surface area (Å²) < 4.78 is 0. The summed E-state index contributed by atoms with van der Waals surface area (Å²) in [5, 5.41) is 0. The van der Waals surface area contributed by atoms with Crippen molar-refractivity contribution in [1.29, 1.82) is 0 Å². The fraction of sp³-hybridized carbons (Fsp3) is 0.684. The molecule has 1 aromatic carbocycles. The van der Waals surface area contributed by atoms with E-state index in [9.17, 15) is 0 Å². The molecule has 5 unspecified atom stereocenters. The summed E-state index contributed by atoms with van der Waals surface area (Å²) in [4.78, 5) is 2.59. The van der Waals surface area contributed by atoms with Crippen LogP contribution >= 0.6 is 0 Å². The Morgan fingerprint density at radius 3 is 2.76 bits per heavy atom. The largest absolute Gasteiger partial charge is 0.323 e. The zero-order chi connectivity index (χ0) is 14.4. The zero-order valence-electron chi connectivity index (χ0n) is 13.2. The molecule has 114 valence electrons. The van der Waals surface area contributed by atoms with E-state index in [0.29, 0.717) is 6.04 Å². The molecule has 3 aliphatic rings. The second kappa shape index (κ2) is 5.40. The van der Waals surface area contributed by atoms with Gasteiger partial charge in [-0.2, -0.15) is 0 Å². The molecule has 0 spiro atoms. The van der Waals surface area contributed by atoms with Crippen LogP contribution in [-0.2, 0) is 6.42 Å². The molecule has 0 aromatic heterocycles. The number of benzene rings is 1. The molecule has 5 atom stereocenters. The summed E-state index contributed by atoms with van der Waals surface area (Å²) in [6.07, 6.45) is 8.39. The third-order valence-electron chi connectivity index (χ3n) is 6.51. The predicted octanol–water partition coefficient (Wildman–Crippen LogP) is 3.37. The molecule has 21 heavy (non-hydrogen) atoms. The lowest BCUT2D eigenvalue weighted by Gasteiger charge is -2.39. The second-order valence-electron chi connectivity index (χ2n) is 7.71. The van der Waals surface area contributed by atoms with Crippen LogP contribution in [0.5, 0.6) is 0 Å². The van der Waals surface area contributed by atoms with Crippen molar-refractivity contribution in [2.24, 2.45) is 23.5 Å². The van der Waals surface area contributed by atoms with Crippen LogP contribution in [0.15, 0.2) is 24.3 Å². The number of nitrogens with two attached hydrogens (primary N) is 1. The van der Waals surface area contributed by atoms with Gasteiger partial charge in [-0.3, -0.25) is 0 Å². The van der Waals surface area contributed by atoms with Crippen LogP contribution < -0.4 is 5.73 Å². The monoisotopic (exact) mass is 284 g/mol. The van der Waals surface area contributed by atoms with Crippen molar-refractivity contribution in [3.63, 3.8) is 0 Å². The van der Waals surface area contributed by atoms with Crippen molar-refractivity contribution in [2.75, 3.05) is 13.6 Å². The third kappa shape index (κ3) is 2.43. The summed E-state index contributed by atoms with van der Waals surface area (Å²) >= 11 is 0. The summed E-state index contributed by atoms with van der Waals surface area (Å²) in [5.41, 5.74) is 9.45. The maximum atomic E-state index is 6.60. The van der Waals surface area contributed by atoms with Gasteiger partial charge < -0.3 is 10.6 Å². The van der Waals surface area contributed by atoms with Crippen LogP contribution in [-0.4, -0.2) is 24.5 Å². The Kier molecular flexibility index (Phi) is 3.55. The van der Waals surface area contributed by atoms with Crippen molar-refractivity contribution in [3.05, 3.63) is 35.4 Å². The molecule has 0 saturated heterocycles. The van der Waals surface area contributed by atoms with Gasteiger partial charge in [0.1, 0.15) is 0 Å². The quantitative estimate of drug-likeness (QED) is 0.922. The summed E-state index contributed by atoms with van der Waals surface area (Å²) in [7, 11) is 2.31. The molecule has 2 N–H and O–H groups in total. The molecule has 3 aliphatic carbocycles. The maximum Gasteiger partial charge on any atom is 0.0455 e. The smallest absolute Gasteiger partial charge is 0.0455 e. The maximum absolute atomic E-state index is 6.60. The minimum Gasteiger partial charge on any atom is -0.323 e. The topological polar surface area (TPSA) is 29.3 Å². The minimum atomic E-state index is 0.193. The summed E-state index contributed by atoms with van der Waals surface area (Å²) in [6, 6.07) is 9.48. The molecular formula is C19H28N2. The van der Waals surface area contributed by atoms with E-state index in [2.05, 4.69) is 36.2 Å². The Morgan fingerprint density at radius 2 is 2.00 bits per heavy atom. The van der Waals surface area contributed by atoms with Gasteiger partial charge in [0.25, 0.3) is 0 Å². The Balaban J connectivity index is 1.44. The summed E-state index contributed by atoms with van der Waals surface area (Å²) in [6.45, 7) is 1.27. The van der Waals surface area contributed by atoms with E-state index < -0.39 is 0 Å². The second-order valence-corrected chi connectivity index (χ2v) is 7.71. The van der Waals surface area contributed by atoms with E-state index in [4.69, 9.17) is 5.73 Å². The van der Waals surface area contributed by atoms with E-state index in [-0.39, 0.29) is 6.04 Å². The highest BCUT2D eigenvalue weighted by Gasteiger charge is 2.41. The van der Waals surface area contributed by atoms with Gasteiger partial charge in [0.15, 0.2) is 0 Å². The first-order valence-electron chi connectivity index (χ1n) is 8.76. The SMILES string of the molecule is CN(CC1CC2CCC1C2)C1CCc2ccccc2C1N. The Hall–Kier alpha value is -0.860. The van der Waals surface area contributed by atoms with Crippen molar-refractivity contribution in [1.82, 2.24) is 4.90 Å². The summed E-state index contributed by atoms with van der Waals surface area (Å²) in [5.74, 6) is 3.01. The first-order chi connectivity index (χ1) is 10.2. The minimum absolute atomic E-state index is 0.193. The standard InChI is InChI=1S/C19H28N2/c1-21(12-16-11-13-6-7-15(16)10-13)18-9-8-14-4-2-3-5-17(14)19(18)20/h2-5,13,15-16,18-19H,6-12,20H2,1H3. The average Bonchev–Trinajstić information content (AvgIpc) is 3.10. The molecule has 0 aliphatic heterocycles. The number of nitrogens with zero attached hydrogens (tertiary/aromatic N) is 1. The van der Waals surface area contributed by atoms with Crippen LogP contribution in [0.3, 0.4) is 0 Å². The molecule has 2 saturated carbocycles. The van der Waals surface area contributed by atoms with E-state index in [1.54, 1.807) is 0 Å². The van der Waals surface area contributed by atoms with Gasteiger partial charge in [0.05, 0.1) is 0 Å². The first-order valence-corrected chi connectivity index (χ1v) is 8.76. The van der Waals surface area contributed by atoms with Gasteiger partial charge in [0, 0.05) is 18.6 Å². The van der Waals surface area contributed by atoms with Crippen LogP contribution in [0.2, 0.25) is 0 Å². The number of likely N-dealkylation sites (N-methyl/N-ethyl adjacent to an activating group) is 1. The molecule has 0 radical (unpaired) electrons. The van der Waals surface area contributed by atoms with Gasteiger partial charge in [0.2, 0.25) is 0 Å². The highest BCUT2D eigenvalue weighted by atomic mass is 15.2. The highest BCUT2D eigenvalue weighted by Crippen LogP contribution is 2.48. The van der Waals surface area contributed by atoms with Crippen molar-refractivity contribution in [3.8, 4) is 0 Å². The van der Waals surface area contributed by atoms with E-state index in [0.717, 1.165) is 17.8 Å². The highest BCUT2D eigenvalue weighted by molar-refractivity contribution is 5.33. The van der Waals surface area contributed by atoms with E-state index >= 15 is 0 Å². The molecule has 0 heterocycles. The van der Waals surface area contributed by atoms with Gasteiger partial charge in [-0.05, 0) is 68.0 Å². The zero-order valence-corrected chi connectivity index (χ0v) is 13.2. The molecule has 2 fully saturated rings. The third-order valence-corrected chi connectivity index (χ3v) is 6.51. The lowest BCUT2D eigenvalue weighted by atomic mass is 9.82. The fourth-order valence-electron chi connectivity index (χ4n) is 5.38. The molecule has 0 amide bonds. The molecule has 1 aromatic rings. The predicted molar refractivity (Wildman–Crippen MR) is 87.0 cm³/mol. The lowest BCUT2D eigenvalue weighted by molar-refractivity contribution is 0.143. The Labute approximate surface area is 128 Å². The van der Waals surface area contributed by atoms with Crippen molar-refractivity contribution < 1.29 is 0 Å². The number of fused-ring (bicyclic) bond motifs is 3. The number of hydrogen-bond acceptors (Lipinski definition) is 2. The lowest BCUT2D eigenvalue weighted by Crippen LogP contribution is -2.45. The van der Waals surface area contributed by atoms with E-state index in [1.807, 2.05) is 0 Å². The number of aryl methyl sites for hydroxylation is 1.